The van der Waals surface area contributed by atoms with Crippen molar-refractivity contribution in [1.82, 2.24) is 0 Å². The van der Waals surface area contributed by atoms with Gasteiger partial charge in [-0.3, -0.25) is 0 Å². The number of fused-ring (bicyclic) bond motifs is 1. The van der Waals surface area contributed by atoms with Crippen molar-refractivity contribution < 1.29 is 4.42 Å². The minimum absolute atomic E-state index is 0.939. The molecule has 1 nitrogen and oxygen atoms in total. The minimum Gasteiger partial charge on any atom is -0.455 e. The Morgan fingerprint density at radius 3 is 1.83 bits per heavy atom. The van der Waals surface area contributed by atoms with Crippen LogP contribution in [0.1, 0.15) is 11.1 Å². The molecule has 0 saturated carbocycles. The van der Waals surface area contributed by atoms with E-state index >= 15 is 0 Å². The predicted octanol–water partition coefficient (Wildman–Crippen LogP) is 6.38. The van der Waals surface area contributed by atoms with E-state index in [2.05, 4.69) is 68.4 Å². The SMILES string of the molecule is Cc1ccc(-c2oc(-c3ccccc3)c3ccccc23)cc1C. The van der Waals surface area contributed by atoms with Gasteiger partial charge in [0.25, 0.3) is 0 Å². The lowest BCUT2D eigenvalue weighted by Crippen LogP contribution is -1.82. The van der Waals surface area contributed by atoms with Crippen LogP contribution in [0.25, 0.3) is 33.4 Å². The predicted molar refractivity (Wildman–Crippen MR) is 96.6 cm³/mol. The van der Waals surface area contributed by atoms with Crippen molar-refractivity contribution in [2.45, 2.75) is 13.8 Å². The van der Waals surface area contributed by atoms with Gasteiger partial charge in [-0.25, -0.2) is 0 Å². The Hall–Kier alpha value is -2.80. The first-order chi connectivity index (χ1) is 11.2. The van der Waals surface area contributed by atoms with E-state index < -0.39 is 0 Å². The van der Waals surface area contributed by atoms with Gasteiger partial charge in [-0.15, -0.1) is 0 Å². The smallest absolute Gasteiger partial charge is 0.142 e. The van der Waals surface area contributed by atoms with Crippen LogP contribution in [0, 0.1) is 13.8 Å². The molecule has 4 rings (SSSR count). The van der Waals surface area contributed by atoms with Crippen LogP contribution < -0.4 is 0 Å². The number of hydrogen-bond acceptors (Lipinski definition) is 1. The van der Waals surface area contributed by atoms with Gasteiger partial charge < -0.3 is 4.42 Å². The van der Waals surface area contributed by atoms with Gasteiger partial charge in [0.05, 0.1) is 0 Å². The van der Waals surface area contributed by atoms with Crippen LogP contribution in [0.2, 0.25) is 0 Å². The van der Waals surface area contributed by atoms with Gasteiger partial charge in [-0.05, 0) is 31.0 Å². The van der Waals surface area contributed by atoms with Crippen LogP contribution in [0.3, 0.4) is 0 Å². The van der Waals surface area contributed by atoms with Gasteiger partial charge in [0.15, 0.2) is 0 Å². The van der Waals surface area contributed by atoms with Gasteiger partial charge in [0.2, 0.25) is 0 Å². The second-order valence-corrected chi connectivity index (χ2v) is 5.97. The van der Waals surface area contributed by atoms with E-state index in [4.69, 9.17) is 4.42 Å². The summed E-state index contributed by atoms with van der Waals surface area (Å²) in [5.74, 6) is 1.89. The molecule has 0 aliphatic heterocycles. The quantitative estimate of drug-likeness (QED) is 0.418. The van der Waals surface area contributed by atoms with Crippen molar-refractivity contribution in [3.63, 3.8) is 0 Å². The van der Waals surface area contributed by atoms with Gasteiger partial charge >= 0.3 is 0 Å². The van der Waals surface area contributed by atoms with E-state index in [0.717, 1.165) is 33.4 Å². The second kappa shape index (κ2) is 5.44. The lowest BCUT2D eigenvalue weighted by atomic mass is 10.0. The number of furan rings is 1. The zero-order chi connectivity index (χ0) is 15.8. The van der Waals surface area contributed by atoms with Gasteiger partial charge in [-0.1, -0.05) is 66.7 Å². The fourth-order valence-corrected chi connectivity index (χ4v) is 2.99. The van der Waals surface area contributed by atoms with E-state index in [1.165, 1.54) is 11.1 Å². The fraction of sp³-hybridized carbons (Fsp3) is 0.0909. The first-order valence-electron chi connectivity index (χ1n) is 7.88. The van der Waals surface area contributed by atoms with Gasteiger partial charge in [-0.2, -0.15) is 0 Å². The monoisotopic (exact) mass is 298 g/mol. The summed E-state index contributed by atoms with van der Waals surface area (Å²) in [4.78, 5) is 0. The number of benzene rings is 3. The Morgan fingerprint density at radius 1 is 0.565 bits per heavy atom. The van der Waals surface area contributed by atoms with Gasteiger partial charge in [0, 0.05) is 21.9 Å². The highest BCUT2D eigenvalue weighted by atomic mass is 16.3. The van der Waals surface area contributed by atoms with Crippen molar-refractivity contribution >= 4 is 10.8 Å². The van der Waals surface area contributed by atoms with E-state index in [1.54, 1.807) is 0 Å². The molecule has 0 bridgehead atoms. The normalized spacial score (nSPS) is 11.0. The third-order valence-electron chi connectivity index (χ3n) is 4.43. The molecule has 0 amide bonds. The Kier molecular flexibility index (Phi) is 3.27. The lowest BCUT2D eigenvalue weighted by molar-refractivity contribution is 0.602. The molecule has 0 N–H and O–H groups in total. The van der Waals surface area contributed by atoms with Crippen molar-refractivity contribution in [2.24, 2.45) is 0 Å². The number of hydrogen-bond donors (Lipinski definition) is 0. The molecule has 0 fully saturated rings. The highest BCUT2D eigenvalue weighted by Gasteiger charge is 2.15. The summed E-state index contributed by atoms with van der Waals surface area (Å²) in [6.07, 6.45) is 0. The molecular weight excluding hydrogens is 280 g/mol. The summed E-state index contributed by atoms with van der Waals surface area (Å²) in [6.45, 7) is 4.27. The maximum absolute atomic E-state index is 6.33. The molecule has 112 valence electrons. The molecular formula is C22H18O. The molecule has 0 saturated heterocycles. The average Bonchev–Trinajstić information content (AvgIpc) is 2.98. The van der Waals surface area contributed by atoms with Crippen molar-refractivity contribution in [1.29, 1.82) is 0 Å². The maximum Gasteiger partial charge on any atom is 0.142 e. The molecule has 1 aromatic heterocycles. The van der Waals surface area contributed by atoms with E-state index in [-0.39, 0.29) is 0 Å². The third kappa shape index (κ3) is 2.35. The standard InChI is InChI=1S/C22H18O/c1-15-12-13-18(14-16(15)2)22-20-11-7-6-10-19(20)21(23-22)17-8-4-3-5-9-17/h3-14H,1-2H3. The molecule has 1 heteroatoms. The summed E-state index contributed by atoms with van der Waals surface area (Å²) in [5, 5.41) is 2.32. The highest BCUT2D eigenvalue weighted by Crippen LogP contribution is 2.39. The van der Waals surface area contributed by atoms with Crippen LogP contribution in [0.4, 0.5) is 0 Å². The summed E-state index contributed by atoms with van der Waals surface area (Å²) >= 11 is 0. The summed E-state index contributed by atoms with van der Waals surface area (Å²) in [7, 11) is 0. The molecule has 0 aliphatic carbocycles. The van der Waals surface area contributed by atoms with Crippen LogP contribution in [-0.4, -0.2) is 0 Å². The first-order valence-corrected chi connectivity index (χ1v) is 7.88. The molecule has 3 aromatic carbocycles. The Morgan fingerprint density at radius 2 is 1.17 bits per heavy atom. The maximum atomic E-state index is 6.33. The van der Waals surface area contributed by atoms with Crippen LogP contribution in [-0.2, 0) is 0 Å². The van der Waals surface area contributed by atoms with Crippen molar-refractivity contribution in [3.8, 4) is 22.6 Å². The lowest BCUT2D eigenvalue weighted by Gasteiger charge is -2.03. The van der Waals surface area contributed by atoms with Crippen LogP contribution >= 0.6 is 0 Å². The second-order valence-electron chi connectivity index (χ2n) is 5.97. The van der Waals surface area contributed by atoms with E-state index in [9.17, 15) is 0 Å². The summed E-state index contributed by atoms with van der Waals surface area (Å²) in [5.41, 5.74) is 4.82. The zero-order valence-corrected chi connectivity index (χ0v) is 13.3. The number of aryl methyl sites for hydroxylation is 2. The molecule has 0 radical (unpaired) electrons. The first kappa shape index (κ1) is 13.8. The highest BCUT2D eigenvalue weighted by molar-refractivity contribution is 6.02. The number of rotatable bonds is 2. The molecule has 0 spiro atoms. The molecule has 0 unspecified atom stereocenters. The molecule has 4 aromatic rings. The topological polar surface area (TPSA) is 13.1 Å². The average molecular weight is 298 g/mol. The Balaban J connectivity index is 1.99. The molecule has 1 heterocycles. The minimum atomic E-state index is 0.939. The summed E-state index contributed by atoms with van der Waals surface area (Å²) in [6, 6.07) is 25.2. The van der Waals surface area contributed by atoms with Crippen LogP contribution in [0.15, 0.2) is 77.2 Å². The fourth-order valence-electron chi connectivity index (χ4n) is 2.99. The largest absolute Gasteiger partial charge is 0.455 e. The third-order valence-corrected chi connectivity index (χ3v) is 4.43. The van der Waals surface area contributed by atoms with E-state index in [0.29, 0.717) is 0 Å². The molecule has 0 atom stereocenters. The van der Waals surface area contributed by atoms with Gasteiger partial charge in [0.1, 0.15) is 11.5 Å². The molecule has 0 aliphatic rings. The van der Waals surface area contributed by atoms with Crippen LogP contribution in [0.5, 0.6) is 0 Å². The van der Waals surface area contributed by atoms with Crippen molar-refractivity contribution in [3.05, 3.63) is 83.9 Å². The summed E-state index contributed by atoms with van der Waals surface area (Å²) < 4.78 is 6.33. The molecule has 23 heavy (non-hydrogen) atoms. The zero-order valence-electron chi connectivity index (χ0n) is 13.3. The van der Waals surface area contributed by atoms with Crippen molar-refractivity contribution in [2.75, 3.05) is 0 Å². The van der Waals surface area contributed by atoms with E-state index in [1.807, 2.05) is 18.2 Å². The Labute approximate surface area is 136 Å². The Bertz CT molecular complexity index is 977.